The van der Waals surface area contributed by atoms with Crippen molar-refractivity contribution in [3.05, 3.63) is 84.4 Å². The van der Waals surface area contributed by atoms with E-state index in [1.165, 1.54) is 44.9 Å². The summed E-state index contributed by atoms with van der Waals surface area (Å²) in [5.74, 6) is 3.16. The molecule has 1 aliphatic rings. The molecule has 182 valence electrons. The Labute approximate surface area is 210 Å². The van der Waals surface area contributed by atoms with Crippen LogP contribution in [-0.4, -0.2) is 13.4 Å². The lowest BCUT2D eigenvalue weighted by molar-refractivity contribution is -0.118. The van der Waals surface area contributed by atoms with Gasteiger partial charge in [0.25, 0.3) is 0 Å². The minimum Gasteiger partial charge on any atom is -0.564 e. The summed E-state index contributed by atoms with van der Waals surface area (Å²) in [5.41, 5.74) is 1.97. The van der Waals surface area contributed by atoms with Gasteiger partial charge in [-0.2, -0.15) is 0 Å². The van der Waals surface area contributed by atoms with Gasteiger partial charge in [-0.1, -0.05) is 82.2 Å². The summed E-state index contributed by atoms with van der Waals surface area (Å²) in [6.07, 6.45) is 9.80. The SMILES string of the molecule is CCC(=O)N(Cc1ccccc1)c1ccc(Oc2ccc(OBC3CCCCCCC3)cc2)cc1. The molecule has 0 bridgehead atoms. The van der Waals surface area contributed by atoms with Crippen LogP contribution in [0, 0.1) is 0 Å². The number of rotatable bonds is 9. The van der Waals surface area contributed by atoms with E-state index in [1.54, 1.807) is 0 Å². The second-order valence-electron chi connectivity index (χ2n) is 9.41. The molecule has 35 heavy (non-hydrogen) atoms. The van der Waals surface area contributed by atoms with Gasteiger partial charge in [-0.25, -0.2) is 0 Å². The number of amides is 1. The van der Waals surface area contributed by atoms with E-state index in [0.717, 1.165) is 36.0 Å². The lowest BCUT2D eigenvalue weighted by Gasteiger charge is -2.23. The average Bonchev–Trinajstić information content (AvgIpc) is 2.88. The molecular weight excluding hydrogens is 433 g/mol. The van der Waals surface area contributed by atoms with Gasteiger partial charge in [-0.05, 0) is 59.9 Å². The zero-order chi connectivity index (χ0) is 24.3. The van der Waals surface area contributed by atoms with Crippen LogP contribution in [0.4, 0.5) is 5.69 Å². The molecule has 0 radical (unpaired) electrons. The maximum atomic E-state index is 12.6. The number of benzene rings is 3. The molecule has 3 aromatic rings. The van der Waals surface area contributed by atoms with Crippen LogP contribution in [-0.2, 0) is 11.3 Å². The van der Waals surface area contributed by atoms with E-state index in [0.29, 0.717) is 18.8 Å². The maximum Gasteiger partial charge on any atom is 0.343 e. The van der Waals surface area contributed by atoms with Crippen LogP contribution in [0.5, 0.6) is 17.2 Å². The second-order valence-corrected chi connectivity index (χ2v) is 9.41. The fourth-order valence-corrected chi connectivity index (χ4v) is 4.64. The van der Waals surface area contributed by atoms with Crippen LogP contribution < -0.4 is 14.3 Å². The van der Waals surface area contributed by atoms with Gasteiger partial charge in [0, 0.05) is 12.1 Å². The highest BCUT2D eigenvalue weighted by Crippen LogP contribution is 2.29. The topological polar surface area (TPSA) is 38.8 Å². The summed E-state index contributed by atoms with van der Waals surface area (Å²) in [5, 5.41) is 0. The summed E-state index contributed by atoms with van der Waals surface area (Å²) in [6.45, 7) is 2.44. The van der Waals surface area contributed by atoms with E-state index in [1.807, 2.05) is 90.7 Å². The van der Waals surface area contributed by atoms with Gasteiger partial charge < -0.3 is 14.3 Å². The highest BCUT2D eigenvalue weighted by molar-refractivity contribution is 6.30. The van der Waals surface area contributed by atoms with E-state index < -0.39 is 0 Å². The smallest absolute Gasteiger partial charge is 0.343 e. The van der Waals surface area contributed by atoms with E-state index in [4.69, 9.17) is 9.39 Å². The molecular formula is C30H36BNO3. The van der Waals surface area contributed by atoms with Crippen molar-refractivity contribution in [2.45, 2.75) is 70.7 Å². The zero-order valence-electron chi connectivity index (χ0n) is 20.8. The number of carbonyl (C=O) groups is 1. The third kappa shape index (κ3) is 7.64. The first-order valence-corrected chi connectivity index (χ1v) is 13.1. The molecule has 0 N–H and O–H groups in total. The fourth-order valence-electron chi connectivity index (χ4n) is 4.64. The Morgan fingerprint density at radius 3 is 2.00 bits per heavy atom. The minimum absolute atomic E-state index is 0.0949. The molecule has 0 spiro atoms. The Bertz CT molecular complexity index is 1030. The number of anilines is 1. The Balaban J connectivity index is 1.33. The summed E-state index contributed by atoms with van der Waals surface area (Å²) in [6, 6.07) is 25.6. The highest BCUT2D eigenvalue weighted by atomic mass is 16.5. The number of ether oxygens (including phenoxy) is 1. The maximum absolute atomic E-state index is 12.6. The third-order valence-electron chi connectivity index (χ3n) is 6.71. The quantitative estimate of drug-likeness (QED) is 0.302. The van der Waals surface area contributed by atoms with Gasteiger partial charge in [0.1, 0.15) is 11.5 Å². The van der Waals surface area contributed by atoms with Crippen molar-refractivity contribution in [3.63, 3.8) is 0 Å². The van der Waals surface area contributed by atoms with Gasteiger partial charge >= 0.3 is 7.48 Å². The molecule has 0 heterocycles. The largest absolute Gasteiger partial charge is 0.564 e. The van der Waals surface area contributed by atoms with E-state index in [2.05, 4.69) is 0 Å². The average molecular weight is 469 g/mol. The molecule has 3 aromatic carbocycles. The first-order chi connectivity index (χ1) is 17.2. The molecule has 4 nitrogen and oxygen atoms in total. The van der Waals surface area contributed by atoms with Crippen LogP contribution in [0.2, 0.25) is 5.82 Å². The molecule has 1 amide bonds. The van der Waals surface area contributed by atoms with Crippen molar-refractivity contribution in [2.75, 3.05) is 4.90 Å². The summed E-state index contributed by atoms with van der Waals surface area (Å²) in [4.78, 5) is 14.4. The predicted octanol–water partition coefficient (Wildman–Crippen LogP) is 7.69. The molecule has 1 fully saturated rings. The van der Waals surface area contributed by atoms with Crippen molar-refractivity contribution in [2.24, 2.45) is 0 Å². The van der Waals surface area contributed by atoms with Gasteiger partial charge in [0.05, 0.1) is 12.3 Å². The molecule has 0 aromatic heterocycles. The molecule has 0 unspecified atom stereocenters. The minimum atomic E-state index is 0.0949. The van der Waals surface area contributed by atoms with Crippen LogP contribution in [0.25, 0.3) is 0 Å². The van der Waals surface area contributed by atoms with E-state index in [9.17, 15) is 4.79 Å². The second kappa shape index (κ2) is 13.0. The van der Waals surface area contributed by atoms with Crippen molar-refractivity contribution in [1.82, 2.24) is 0 Å². The lowest BCUT2D eigenvalue weighted by Crippen LogP contribution is -2.29. The zero-order valence-corrected chi connectivity index (χ0v) is 20.8. The highest BCUT2D eigenvalue weighted by Gasteiger charge is 2.16. The Kier molecular flexibility index (Phi) is 9.28. The first-order valence-electron chi connectivity index (χ1n) is 13.1. The number of carbonyl (C=O) groups excluding carboxylic acids is 1. The number of nitrogens with zero attached hydrogens (tertiary/aromatic N) is 1. The lowest BCUT2D eigenvalue weighted by atomic mass is 9.72. The van der Waals surface area contributed by atoms with Crippen molar-refractivity contribution < 1.29 is 14.2 Å². The Morgan fingerprint density at radius 2 is 1.37 bits per heavy atom. The molecule has 0 aliphatic heterocycles. The summed E-state index contributed by atoms with van der Waals surface area (Å²) in [7, 11) is 0.803. The van der Waals surface area contributed by atoms with Gasteiger partial charge in [0.15, 0.2) is 0 Å². The van der Waals surface area contributed by atoms with Crippen molar-refractivity contribution in [1.29, 1.82) is 0 Å². The molecule has 4 rings (SSSR count). The monoisotopic (exact) mass is 469 g/mol. The van der Waals surface area contributed by atoms with Gasteiger partial charge in [-0.3, -0.25) is 4.79 Å². The molecule has 0 atom stereocenters. The molecule has 1 saturated carbocycles. The third-order valence-corrected chi connectivity index (χ3v) is 6.71. The predicted molar refractivity (Wildman–Crippen MR) is 145 cm³/mol. The number of hydrogen-bond donors (Lipinski definition) is 0. The van der Waals surface area contributed by atoms with Gasteiger partial charge in [-0.15, -0.1) is 0 Å². The molecule has 1 aliphatic carbocycles. The molecule has 5 heteroatoms. The number of hydrogen-bond acceptors (Lipinski definition) is 3. The van der Waals surface area contributed by atoms with E-state index >= 15 is 0 Å². The fraction of sp³-hybridized carbons (Fsp3) is 0.367. The van der Waals surface area contributed by atoms with Crippen LogP contribution in [0.3, 0.4) is 0 Å². The van der Waals surface area contributed by atoms with Crippen LogP contribution in [0.1, 0.15) is 63.9 Å². The Morgan fingerprint density at radius 1 is 0.800 bits per heavy atom. The standard InChI is InChI=1S/C30H36BNO3/c1-2-30(33)32(23-24-11-7-6-8-12-24)26-15-17-27(18-16-26)34-28-19-21-29(22-20-28)35-31-25-13-9-4-3-5-10-14-25/h6-8,11-12,15-22,25,31H,2-5,9-10,13-14,23H2,1H3. The molecule has 0 saturated heterocycles. The van der Waals surface area contributed by atoms with Crippen LogP contribution in [0.15, 0.2) is 78.9 Å². The summed E-state index contributed by atoms with van der Waals surface area (Å²) < 4.78 is 12.1. The normalized spacial score (nSPS) is 14.4. The Hall–Kier alpha value is -3.21. The summed E-state index contributed by atoms with van der Waals surface area (Å²) >= 11 is 0. The van der Waals surface area contributed by atoms with E-state index in [-0.39, 0.29) is 5.91 Å². The van der Waals surface area contributed by atoms with Crippen molar-refractivity contribution in [3.8, 4) is 17.2 Å². The van der Waals surface area contributed by atoms with Gasteiger partial charge in [0.2, 0.25) is 5.91 Å². The van der Waals surface area contributed by atoms with Crippen molar-refractivity contribution >= 4 is 19.1 Å². The first kappa shape index (κ1) is 24.9. The van der Waals surface area contributed by atoms with Crippen LogP contribution >= 0.6 is 0 Å².